The Hall–Kier alpha value is -1.34. The molecule has 7 heteroatoms. The van der Waals surface area contributed by atoms with Crippen molar-refractivity contribution in [1.82, 2.24) is 15.5 Å². The molecule has 1 fully saturated rings. The number of nitrogens with one attached hydrogen (secondary N) is 2. The fourth-order valence-corrected chi connectivity index (χ4v) is 3.08. The molecule has 0 radical (unpaired) electrons. The van der Waals surface area contributed by atoms with Crippen LogP contribution in [0.3, 0.4) is 0 Å². The first-order chi connectivity index (χ1) is 8.74. The molecule has 0 saturated heterocycles. The molecule has 1 aromatic heterocycles. The average Bonchev–Trinajstić information content (AvgIpc) is 2.86. The summed E-state index contributed by atoms with van der Waals surface area (Å²) in [4.78, 5) is 12.0. The van der Waals surface area contributed by atoms with E-state index in [0.29, 0.717) is 16.8 Å². The van der Waals surface area contributed by atoms with Crippen LogP contribution in [0.15, 0.2) is 12.1 Å². The number of nitrogens with zero attached hydrogens (tertiary/aromatic N) is 2. The highest BCUT2D eigenvalue weighted by molar-refractivity contribution is 7.99. The lowest BCUT2D eigenvalue weighted by Gasteiger charge is -2.18. The lowest BCUT2D eigenvalue weighted by molar-refractivity contribution is 0.0932. The van der Waals surface area contributed by atoms with E-state index < -0.39 is 0 Å². The van der Waals surface area contributed by atoms with E-state index in [4.69, 9.17) is 5.84 Å². The summed E-state index contributed by atoms with van der Waals surface area (Å²) < 4.78 is 0. The Morgan fingerprint density at radius 1 is 1.44 bits per heavy atom. The van der Waals surface area contributed by atoms with Gasteiger partial charge in [-0.2, -0.15) is 11.8 Å². The van der Waals surface area contributed by atoms with Crippen molar-refractivity contribution in [2.24, 2.45) is 5.84 Å². The van der Waals surface area contributed by atoms with Gasteiger partial charge in [-0.25, -0.2) is 5.84 Å². The molecule has 2 rings (SSSR count). The smallest absolute Gasteiger partial charge is 0.272 e. The number of carbonyl (C=O) groups excluding carboxylic acids is 1. The van der Waals surface area contributed by atoms with Gasteiger partial charge in [-0.15, -0.1) is 10.2 Å². The first-order valence-corrected chi connectivity index (χ1v) is 7.17. The number of thioether (sulfide) groups is 1. The Morgan fingerprint density at radius 2 is 2.28 bits per heavy atom. The number of anilines is 1. The topological polar surface area (TPSA) is 92.9 Å². The van der Waals surface area contributed by atoms with Crippen molar-refractivity contribution in [1.29, 1.82) is 0 Å². The molecule has 1 saturated carbocycles. The van der Waals surface area contributed by atoms with Crippen LogP contribution in [0.2, 0.25) is 0 Å². The van der Waals surface area contributed by atoms with Crippen molar-refractivity contribution in [2.75, 3.05) is 11.7 Å². The summed E-state index contributed by atoms with van der Waals surface area (Å²) in [5.41, 5.74) is 2.69. The Balaban J connectivity index is 1.98. The first kappa shape index (κ1) is 13.1. The second kappa shape index (κ2) is 6.01. The van der Waals surface area contributed by atoms with E-state index in [9.17, 15) is 4.79 Å². The molecule has 0 aliphatic heterocycles. The number of amides is 1. The summed E-state index contributed by atoms with van der Waals surface area (Å²) in [6.45, 7) is 0. The number of nitrogen functional groups attached to an aromatic ring is 1. The zero-order chi connectivity index (χ0) is 13.0. The Kier molecular flexibility index (Phi) is 4.38. The lowest BCUT2D eigenvalue weighted by atomic mass is 10.2. The quantitative estimate of drug-likeness (QED) is 0.551. The summed E-state index contributed by atoms with van der Waals surface area (Å²) in [6.07, 6.45) is 5.44. The van der Waals surface area contributed by atoms with Gasteiger partial charge in [0.05, 0.1) is 0 Å². The predicted molar refractivity (Wildman–Crippen MR) is 72.3 cm³/mol. The second-order valence-corrected chi connectivity index (χ2v) is 5.31. The van der Waals surface area contributed by atoms with Crippen molar-refractivity contribution >= 4 is 23.5 Å². The van der Waals surface area contributed by atoms with Crippen molar-refractivity contribution in [3.8, 4) is 0 Å². The van der Waals surface area contributed by atoms with E-state index >= 15 is 0 Å². The fraction of sp³-hybridized carbons (Fsp3) is 0.545. The van der Waals surface area contributed by atoms with Crippen LogP contribution in [0, 0.1) is 0 Å². The lowest BCUT2D eigenvalue weighted by Crippen LogP contribution is -2.39. The summed E-state index contributed by atoms with van der Waals surface area (Å²) in [5, 5.41) is 11.1. The van der Waals surface area contributed by atoms with Gasteiger partial charge in [-0.05, 0) is 31.2 Å². The van der Waals surface area contributed by atoms with Gasteiger partial charge in [0.25, 0.3) is 5.91 Å². The molecular weight excluding hydrogens is 250 g/mol. The third-order valence-electron chi connectivity index (χ3n) is 3.12. The molecule has 1 amide bonds. The van der Waals surface area contributed by atoms with E-state index in [1.165, 1.54) is 0 Å². The zero-order valence-electron chi connectivity index (χ0n) is 10.2. The molecule has 98 valence electrons. The molecule has 4 N–H and O–H groups in total. The molecule has 0 aromatic carbocycles. The maximum Gasteiger partial charge on any atom is 0.272 e. The minimum absolute atomic E-state index is 0.169. The molecule has 6 nitrogen and oxygen atoms in total. The van der Waals surface area contributed by atoms with Crippen molar-refractivity contribution < 1.29 is 4.79 Å². The van der Waals surface area contributed by atoms with Gasteiger partial charge in [0.1, 0.15) is 0 Å². The van der Waals surface area contributed by atoms with Gasteiger partial charge < -0.3 is 10.7 Å². The molecule has 1 heterocycles. The number of carbonyl (C=O) groups is 1. The molecule has 1 aliphatic carbocycles. The first-order valence-electron chi connectivity index (χ1n) is 5.88. The molecule has 18 heavy (non-hydrogen) atoms. The van der Waals surface area contributed by atoms with Crippen LogP contribution in [-0.2, 0) is 0 Å². The number of rotatable bonds is 4. The zero-order valence-corrected chi connectivity index (χ0v) is 11.0. The number of hydrazine groups is 1. The van der Waals surface area contributed by atoms with Crippen LogP contribution in [0.5, 0.6) is 0 Å². The number of hydrogen-bond donors (Lipinski definition) is 3. The summed E-state index contributed by atoms with van der Waals surface area (Å²) in [5.74, 6) is 5.46. The number of nitrogens with two attached hydrogens (primary N) is 1. The van der Waals surface area contributed by atoms with Crippen LogP contribution in [0.4, 0.5) is 5.82 Å². The monoisotopic (exact) mass is 267 g/mol. The minimum atomic E-state index is -0.169. The average molecular weight is 267 g/mol. The SMILES string of the molecule is CSC1CCCC1NC(=O)c1ccc(NN)nn1. The Bertz CT molecular complexity index is 410. The van der Waals surface area contributed by atoms with E-state index in [2.05, 4.69) is 27.2 Å². The summed E-state index contributed by atoms with van der Waals surface area (Å²) in [6, 6.07) is 3.48. The Labute approximate surface area is 110 Å². The second-order valence-electron chi connectivity index (χ2n) is 4.23. The van der Waals surface area contributed by atoms with Gasteiger partial charge >= 0.3 is 0 Å². The molecule has 1 aromatic rings. The van der Waals surface area contributed by atoms with Crippen LogP contribution in [0.1, 0.15) is 29.8 Å². The van der Waals surface area contributed by atoms with Gasteiger partial charge in [-0.1, -0.05) is 6.42 Å². The molecule has 2 unspecified atom stereocenters. The fourth-order valence-electron chi connectivity index (χ4n) is 2.15. The highest BCUT2D eigenvalue weighted by atomic mass is 32.2. The molecule has 0 bridgehead atoms. The number of hydrogen-bond acceptors (Lipinski definition) is 6. The van der Waals surface area contributed by atoms with Crippen LogP contribution in [0.25, 0.3) is 0 Å². The standard InChI is InChI=1S/C11H17N5OS/c1-18-9-4-2-3-7(9)13-11(17)8-5-6-10(14-12)16-15-8/h5-7,9H,2-4,12H2,1H3,(H,13,17)(H,14,16). The molecule has 2 atom stereocenters. The normalized spacial score (nSPS) is 22.8. The van der Waals surface area contributed by atoms with E-state index in [1.54, 1.807) is 23.9 Å². The maximum atomic E-state index is 12.0. The third kappa shape index (κ3) is 2.91. The van der Waals surface area contributed by atoms with Crippen LogP contribution >= 0.6 is 11.8 Å². The highest BCUT2D eigenvalue weighted by Crippen LogP contribution is 2.28. The maximum absolute atomic E-state index is 12.0. The van der Waals surface area contributed by atoms with E-state index in [0.717, 1.165) is 19.3 Å². The predicted octanol–water partition coefficient (Wildman–Crippen LogP) is 0.776. The number of aromatic nitrogens is 2. The van der Waals surface area contributed by atoms with Gasteiger partial charge in [-0.3, -0.25) is 4.79 Å². The van der Waals surface area contributed by atoms with E-state index in [-0.39, 0.29) is 11.9 Å². The summed E-state index contributed by atoms with van der Waals surface area (Å²) in [7, 11) is 0. The molecule has 1 aliphatic rings. The molecule has 0 spiro atoms. The third-order valence-corrected chi connectivity index (χ3v) is 4.29. The van der Waals surface area contributed by atoms with Gasteiger partial charge in [0.2, 0.25) is 0 Å². The Morgan fingerprint density at radius 3 is 2.89 bits per heavy atom. The minimum Gasteiger partial charge on any atom is -0.347 e. The largest absolute Gasteiger partial charge is 0.347 e. The highest BCUT2D eigenvalue weighted by Gasteiger charge is 2.28. The van der Waals surface area contributed by atoms with Crippen LogP contribution < -0.4 is 16.6 Å². The van der Waals surface area contributed by atoms with Gasteiger partial charge in [0, 0.05) is 11.3 Å². The van der Waals surface area contributed by atoms with Crippen LogP contribution in [-0.4, -0.2) is 33.7 Å². The van der Waals surface area contributed by atoms with Crippen molar-refractivity contribution in [3.63, 3.8) is 0 Å². The van der Waals surface area contributed by atoms with Crippen molar-refractivity contribution in [2.45, 2.75) is 30.6 Å². The summed E-state index contributed by atoms with van der Waals surface area (Å²) >= 11 is 1.81. The van der Waals surface area contributed by atoms with E-state index in [1.807, 2.05) is 0 Å². The van der Waals surface area contributed by atoms with Gasteiger partial charge in [0.15, 0.2) is 11.5 Å². The molecular formula is C11H17N5OS. The van der Waals surface area contributed by atoms with Crippen molar-refractivity contribution in [3.05, 3.63) is 17.8 Å².